The standard InChI is InChI=1S/C20H23BrN4O3/c1-11-15(12(2)23-22-11)18(26)16-17(13-6-5-7-14(21)10-13)25(9-8-24(3)4)20(28)19(16)27/h5-7,10,17,26H,8-9H2,1-4H3,(H,22,23)/b18-16+. The van der Waals surface area contributed by atoms with Crippen LogP contribution < -0.4 is 0 Å². The molecule has 1 amide bonds. The summed E-state index contributed by atoms with van der Waals surface area (Å²) in [6.07, 6.45) is 0. The van der Waals surface area contributed by atoms with Crippen LogP contribution in [0.15, 0.2) is 34.3 Å². The number of H-pyrrole nitrogens is 1. The summed E-state index contributed by atoms with van der Waals surface area (Å²) in [7, 11) is 3.81. The van der Waals surface area contributed by atoms with Gasteiger partial charge in [0.05, 0.1) is 22.9 Å². The van der Waals surface area contributed by atoms with Gasteiger partial charge in [0.25, 0.3) is 11.7 Å². The van der Waals surface area contributed by atoms with Crippen molar-refractivity contribution in [2.75, 3.05) is 27.2 Å². The Morgan fingerprint density at radius 2 is 2.04 bits per heavy atom. The maximum atomic E-state index is 12.9. The highest BCUT2D eigenvalue weighted by molar-refractivity contribution is 9.10. The van der Waals surface area contributed by atoms with Gasteiger partial charge in [-0.2, -0.15) is 5.10 Å². The summed E-state index contributed by atoms with van der Waals surface area (Å²) in [5.41, 5.74) is 2.53. The molecule has 148 valence electrons. The molecule has 28 heavy (non-hydrogen) atoms. The Balaban J connectivity index is 2.20. The molecule has 3 rings (SSSR count). The number of aromatic amines is 1. The number of likely N-dealkylation sites (tertiary alicyclic amines) is 1. The molecule has 1 saturated heterocycles. The van der Waals surface area contributed by atoms with E-state index in [0.29, 0.717) is 30.0 Å². The molecule has 1 aromatic heterocycles. The molecule has 1 fully saturated rings. The molecule has 1 aliphatic rings. The van der Waals surface area contributed by atoms with Crippen molar-refractivity contribution in [2.45, 2.75) is 19.9 Å². The van der Waals surface area contributed by atoms with Crippen LogP contribution in [0.1, 0.15) is 28.6 Å². The van der Waals surface area contributed by atoms with Crippen molar-refractivity contribution in [3.63, 3.8) is 0 Å². The zero-order chi connectivity index (χ0) is 20.6. The molecule has 0 spiro atoms. The highest BCUT2D eigenvalue weighted by Gasteiger charge is 2.46. The number of aliphatic hydroxyl groups excluding tert-OH is 1. The monoisotopic (exact) mass is 446 g/mol. The Kier molecular flexibility index (Phi) is 5.71. The Labute approximate surface area is 172 Å². The lowest BCUT2D eigenvalue weighted by Gasteiger charge is -2.26. The number of aryl methyl sites for hydroxylation is 2. The fraction of sp³-hybridized carbons (Fsp3) is 0.350. The van der Waals surface area contributed by atoms with E-state index in [0.717, 1.165) is 10.0 Å². The molecule has 1 aliphatic heterocycles. The molecule has 1 unspecified atom stereocenters. The number of Topliss-reactive ketones (excluding diaryl/α,β-unsaturated/α-hetero) is 1. The van der Waals surface area contributed by atoms with E-state index in [1.165, 1.54) is 4.90 Å². The number of aliphatic hydroxyl groups is 1. The summed E-state index contributed by atoms with van der Waals surface area (Å²) in [5, 5.41) is 18.0. The van der Waals surface area contributed by atoms with Crippen LogP contribution in [0, 0.1) is 13.8 Å². The normalized spacial score (nSPS) is 19.1. The molecule has 0 aliphatic carbocycles. The van der Waals surface area contributed by atoms with Crippen LogP contribution in [0.25, 0.3) is 5.76 Å². The van der Waals surface area contributed by atoms with Gasteiger partial charge in [-0.15, -0.1) is 0 Å². The second-order valence-corrected chi connectivity index (χ2v) is 8.08. The summed E-state index contributed by atoms with van der Waals surface area (Å²) in [6, 6.07) is 6.78. The first kappa shape index (κ1) is 20.3. The van der Waals surface area contributed by atoms with Gasteiger partial charge in [0, 0.05) is 23.3 Å². The number of hydrogen-bond donors (Lipinski definition) is 2. The number of ketones is 1. The number of nitrogens with zero attached hydrogens (tertiary/aromatic N) is 3. The van der Waals surface area contributed by atoms with Crippen molar-refractivity contribution in [1.82, 2.24) is 20.0 Å². The summed E-state index contributed by atoms with van der Waals surface area (Å²) >= 11 is 3.45. The fourth-order valence-electron chi connectivity index (χ4n) is 3.48. The van der Waals surface area contributed by atoms with Crippen molar-refractivity contribution >= 4 is 33.4 Å². The SMILES string of the molecule is Cc1n[nH]c(C)c1/C(O)=C1\C(=O)C(=O)N(CCN(C)C)C1c1cccc(Br)c1. The van der Waals surface area contributed by atoms with Crippen LogP contribution in [-0.2, 0) is 9.59 Å². The lowest BCUT2D eigenvalue weighted by Crippen LogP contribution is -2.35. The van der Waals surface area contributed by atoms with Gasteiger partial charge < -0.3 is 14.9 Å². The van der Waals surface area contributed by atoms with Gasteiger partial charge >= 0.3 is 0 Å². The number of halogens is 1. The molecule has 0 bridgehead atoms. The van der Waals surface area contributed by atoms with E-state index in [4.69, 9.17) is 0 Å². The third kappa shape index (κ3) is 3.62. The average molecular weight is 447 g/mol. The smallest absolute Gasteiger partial charge is 0.295 e. The minimum absolute atomic E-state index is 0.0921. The minimum atomic E-state index is -0.679. The van der Waals surface area contributed by atoms with Crippen molar-refractivity contribution in [1.29, 1.82) is 0 Å². The van der Waals surface area contributed by atoms with Gasteiger partial charge in [0.15, 0.2) is 0 Å². The maximum Gasteiger partial charge on any atom is 0.295 e. The van der Waals surface area contributed by atoms with Crippen molar-refractivity contribution in [2.24, 2.45) is 0 Å². The summed E-state index contributed by atoms with van der Waals surface area (Å²) < 4.78 is 0.832. The Bertz CT molecular complexity index is 945. The van der Waals surface area contributed by atoms with E-state index >= 15 is 0 Å². The zero-order valence-electron chi connectivity index (χ0n) is 16.3. The zero-order valence-corrected chi connectivity index (χ0v) is 17.9. The van der Waals surface area contributed by atoms with Crippen molar-refractivity contribution in [3.8, 4) is 0 Å². The summed E-state index contributed by atoms with van der Waals surface area (Å²) in [6.45, 7) is 4.48. The molecule has 8 heteroatoms. The molecule has 7 nitrogen and oxygen atoms in total. The average Bonchev–Trinajstić information content (AvgIpc) is 3.09. The van der Waals surface area contributed by atoms with Crippen LogP contribution >= 0.6 is 15.9 Å². The van der Waals surface area contributed by atoms with Gasteiger partial charge in [-0.05, 0) is 45.6 Å². The van der Waals surface area contributed by atoms with Gasteiger partial charge in [-0.1, -0.05) is 28.1 Å². The first-order valence-electron chi connectivity index (χ1n) is 8.93. The van der Waals surface area contributed by atoms with Gasteiger partial charge in [-0.25, -0.2) is 0 Å². The summed E-state index contributed by atoms with van der Waals surface area (Å²) in [5.74, 6) is -1.48. The number of carbonyl (C=O) groups is 2. The van der Waals surface area contributed by atoms with Crippen LogP contribution in [-0.4, -0.2) is 64.0 Å². The van der Waals surface area contributed by atoms with Crippen LogP contribution in [0.3, 0.4) is 0 Å². The second kappa shape index (κ2) is 7.89. The molecule has 1 aromatic carbocycles. The minimum Gasteiger partial charge on any atom is -0.507 e. The molecule has 1 atom stereocenters. The maximum absolute atomic E-state index is 12.9. The van der Waals surface area contributed by atoms with E-state index in [1.807, 2.05) is 43.3 Å². The predicted molar refractivity (Wildman–Crippen MR) is 110 cm³/mol. The van der Waals surface area contributed by atoms with Gasteiger partial charge in [0.1, 0.15) is 5.76 Å². The summed E-state index contributed by atoms with van der Waals surface area (Å²) in [4.78, 5) is 29.2. The predicted octanol–water partition coefficient (Wildman–Crippen LogP) is 2.77. The van der Waals surface area contributed by atoms with Crippen LogP contribution in [0.5, 0.6) is 0 Å². The lowest BCUT2D eigenvalue weighted by molar-refractivity contribution is -0.140. The van der Waals surface area contributed by atoms with Crippen LogP contribution in [0.4, 0.5) is 0 Å². The Hall–Kier alpha value is -2.45. The molecule has 0 saturated carbocycles. The Morgan fingerprint density at radius 1 is 1.32 bits per heavy atom. The molecular formula is C20H23BrN4O3. The quantitative estimate of drug-likeness (QED) is 0.418. The third-order valence-electron chi connectivity index (χ3n) is 4.86. The lowest BCUT2D eigenvalue weighted by atomic mass is 9.95. The van der Waals surface area contributed by atoms with Crippen molar-refractivity contribution < 1.29 is 14.7 Å². The number of likely N-dealkylation sites (N-methyl/N-ethyl adjacent to an activating group) is 1. The molecular weight excluding hydrogens is 424 g/mol. The highest BCUT2D eigenvalue weighted by Crippen LogP contribution is 2.40. The number of amides is 1. The number of nitrogens with one attached hydrogen (secondary N) is 1. The number of benzene rings is 1. The number of aromatic nitrogens is 2. The first-order valence-corrected chi connectivity index (χ1v) is 9.72. The molecule has 2 heterocycles. The number of hydrogen-bond acceptors (Lipinski definition) is 5. The van der Waals surface area contributed by atoms with Crippen molar-refractivity contribution in [3.05, 3.63) is 56.8 Å². The van der Waals surface area contributed by atoms with Crippen LogP contribution in [0.2, 0.25) is 0 Å². The van der Waals surface area contributed by atoms with E-state index in [1.54, 1.807) is 13.8 Å². The van der Waals surface area contributed by atoms with E-state index in [9.17, 15) is 14.7 Å². The van der Waals surface area contributed by atoms with Gasteiger partial charge in [-0.3, -0.25) is 14.7 Å². The van der Waals surface area contributed by atoms with E-state index in [2.05, 4.69) is 26.1 Å². The number of rotatable bonds is 5. The van der Waals surface area contributed by atoms with Gasteiger partial charge in [0.2, 0.25) is 0 Å². The highest BCUT2D eigenvalue weighted by atomic mass is 79.9. The van der Waals surface area contributed by atoms with E-state index < -0.39 is 17.7 Å². The number of carbonyl (C=O) groups excluding carboxylic acids is 2. The Morgan fingerprint density at radius 3 is 2.61 bits per heavy atom. The third-order valence-corrected chi connectivity index (χ3v) is 5.35. The van der Waals surface area contributed by atoms with E-state index in [-0.39, 0.29) is 11.3 Å². The largest absolute Gasteiger partial charge is 0.507 e. The second-order valence-electron chi connectivity index (χ2n) is 7.16. The fourth-order valence-corrected chi connectivity index (χ4v) is 3.89. The molecule has 0 radical (unpaired) electrons. The first-order chi connectivity index (χ1) is 13.2. The topological polar surface area (TPSA) is 89.5 Å². The molecule has 2 aromatic rings. The molecule has 2 N–H and O–H groups in total.